The van der Waals surface area contributed by atoms with Crippen LogP contribution in [0.1, 0.15) is 27.2 Å². The maximum atomic E-state index is 5.36. The van der Waals surface area contributed by atoms with Crippen molar-refractivity contribution in [2.75, 3.05) is 12.4 Å². The Morgan fingerprint density at radius 2 is 2.36 bits per heavy atom. The van der Waals surface area contributed by atoms with Crippen LogP contribution in [0.3, 0.4) is 0 Å². The number of hydrogen-bond donors (Lipinski definition) is 2. The number of H-pyrrole nitrogens is 1. The summed E-state index contributed by atoms with van der Waals surface area (Å²) in [6.45, 7) is 6.30. The van der Waals surface area contributed by atoms with E-state index in [4.69, 9.17) is 4.74 Å². The molecule has 0 aromatic carbocycles. The smallest absolute Gasteiger partial charge is 0.0725 e. The third-order valence-corrected chi connectivity index (χ3v) is 2.26. The van der Waals surface area contributed by atoms with Crippen molar-refractivity contribution in [2.24, 2.45) is 0 Å². The van der Waals surface area contributed by atoms with E-state index in [1.54, 1.807) is 13.3 Å². The van der Waals surface area contributed by atoms with Crippen molar-refractivity contribution < 1.29 is 4.74 Å². The first-order valence-electron chi connectivity index (χ1n) is 4.84. The molecule has 1 rings (SSSR count). The number of anilines is 1. The van der Waals surface area contributed by atoms with Gasteiger partial charge in [0.25, 0.3) is 0 Å². The zero-order chi connectivity index (χ0) is 10.6. The molecule has 0 spiro atoms. The molecule has 0 aliphatic heterocycles. The van der Waals surface area contributed by atoms with Gasteiger partial charge in [0.15, 0.2) is 0 Å². The number of aromatic amines is 1. The van der Waals surface area contributed by atoms with Gasteiger partial charge in [-0.15, -0.1) is 0 Å². The zero-order valence-corrected chi connectivity index (χ0v) is 9.29. The van der Waals surface area contributed by atoms with Crippen LogP contribution in [0.25, 0.3) is 0 Å². The van der Waals surface area contributed by atoms with Gasteiger partial charge >= 0.3 is 0 Å². The highest BCUT2D eigenvalue weighted by Crippen LogP contribution is 2.17. The summed E-state index contributed by atoms with van der Waals surface area (Å²) in [4.78, 5) is 0. The monoisotopic (exact) mass is 197 g/mol. The Kier molecular flexibility index (Phi) is 3.52. The molecule has 0 aliphatic carbocycles. The number of hydrogen-bond acceptors (Lipinski definition) is 3. The summed E-state index contributed by atoms with van der Waals surface area (Å²) in [5.41, 5.74) is 0.931. The average Bonchev–Trinajstić information content (AvgIpc) is 2.55. The number of nitrogens with one attached hydrogen (secondary N) is 2. The van der Waals surface area contributed by atoms with Crippen molar-refractivity contribution in [1.82, 2.24) is 10.2 Å². The Bertz CT molecular complexity index is 256. The summed E-state index contributed by atoms with van der Waals surface area (Å²) >= 11 is 0. The number of aromatic nitrogens is 2. The summed E-state index contributed by atoms with van der Waals surface area (Å²) < 4.78 is 5.36. The minimum Gasteiger partial charge on any atom is -0.380 e. The highest BCUT2D eigenvalue weighted by Gasteiger charge is 2.19. The lowest BCUT2D eigenvalue weighted by molar-refractivity contribution is 0.0128. The van der Waals surface area contributed by atoms with E-state index >= 15 is 0 Å². The van der Waals surface area contributed by atoms with Gasteiger partial charge < -0.3 is 10.1 Å². The maximum absolute atomic E-state index is 5.36. The van der Waals surface area contributed by atoms with E-state index < -0.39 is 0 Å². The summed E-state index contributed by atoms with van der Waals surface area (Å²) in [6, 6.07) is 0.363. The molecule has 4 heteroatoms. The molecular formula is C10H19N3O. The Morgan fingerprint density at radius 3 is 2.86 bits per heavy atom. The molecule has 14 heavy (non-hydrogen) atoms. The van der Waals surface area contributed by atoms with Crippen LogP contribution in [-0.4, -0.2) is 29.0 Å². The van der Waals surface area contributed by atoms with Crippen LogP contribution in [-0.2, 0) is 4.74 Å². The summed E-state index contributed by atoms with van der Waals surface area (Å²) in [5, 5.41) is 9.98. The van der Waals surface area contributed by atoms with Gasteiger partial charge in [0.1, 0.15) is 0 Å². The van der Waals surface area contributed by atoms with Crippen LogP contribution in [0.2, 0.25) is 0 Å². The number of methoxy groups -OCH3 is 1. The molecule has 1 atom stereocenters. The second-order valence-corrected chi connectivity index (χ2v) is 4.20. The van der Waals surface area contributed by atoms with E-state index in [-0.39, 0.29) is 5.60 Å². The van der Waals surface area contributed by atoms with Gasteiger partial charge in [-0.05, 0) is 27.2 Å². The first-order chi connectivity index (χ1) is 6.53. The van der Waals surface area contributed by atoms with E-state index in [0.717, 1.165) is 12.1 Å². The highest BCUT2D eigenvalue weighted by atomic mass is 16.5. The fourth-order valence-electron chi connectivity index (χ4n) is 1.49. The Hall–Kier alpha value is -1.03. The van der Waals surface area contributed by atoms with Gasteiger partial charge in [0, 0.05) is 19.3 Å². The molecule has 0 aliphatic rings. The molecule has 2 N–H and O–H groups in total. The third kappa shape index (κ3) is 3.38. The first-order valence-corrected chi connectivity index (χ1v) is 4.84. The zero-order valence-electron chi connectivity index (χ0n) is 9.29. The van der Waals surface area contributed by atoms with Gasteiger partial charge in [0.2, 0.25) is 0 Å². The van der Waals surface area contributed by atoms with E-state index in [2.05, 4.69) is 36.3 Å². The third-order valence-electron chi connectivity index (χ3n) is 2.26. The molecular weight excluding hydrogens is 178 g/mol. The van der Waals surface area contributed by atoms with Gasteiger partial charge in [-0.1, -0.05) is 0 Å². The molecule has 0 saturated carbocycles. The van der Waals surface area contributed by atoms with Gasteiger partial charge in [-0.3, -0.25) is 5.10 Å². The summed E-state index contributed by atoms with van der Waals surface area (Å²) in [7, 11) is 1.74. The fraction of sp³-hybridized carbons (Fsp3) is 0.700. The SMILES string of the molecule is COC(C)(C)CC(C)Nc1cn[nH]c1. The number of ether oxygens (including phenoxy) is 1. The Labute approximate surface area is 85.0 Å². The second-order valence-electron chi connectivity index (χ2n) is 4.20. The Morgan fingerprint density at radius 1 is 1.64 bits per heavy atom. The van der Waals surface area contributed by atoms with Crippen molar-refractivity contribution in [3.05, 3.63) is 12.4 Å². The van der Waals surface area contributed by atoms with Crippen LogP contribution in [0, 0.1) is 0 Å². The van der Waals surface area contributed by atoms with Crippen molar-refractivity contribution in [2.45, 2.75) is 38.8 Å². The lowest BCUT2D eigenvalue weighted by Crippen LogP contribution is -2.31. The minimum atomic E-state index is -0.0872. The van der Waals surface area contributed by atoms with Crippen molar-refractivity contribution in [3.8, 4) is 0 Å². The molecule has 4 nitrogen and oxygen atoms in total. The average molecular weight is 197 g/mol. The Balaban J connectivity index is 2.40. The van der Waals surface area contributed by atoms with Crippen molar-refractivity contribution in [3.63, 3.8) is 0 Å². The molecule has 1 heterocycles. The number of nitrogens with zero attached hydrogens (tertiary/aromatic N) is 1. The van der Waals surface area contributed by atoms with E-state index in [0.29, 0.717) is 6.04 Å². The maximum Gasteiger partial charge on any atom is 0.0725 e. The topological polar surface area (TPSA) is 49.9 Å². The first kappa shape index (κ1) is 11.0. The van der Waals surface area contributed by atoms with Crippen LogP contribution < -0.4 is 5.32 Å². The van der Waals surface area contributed by atoms with Gasteiger partial charge in [-0.25, -0.2) is 0 Å². The molecule has 0 amide bonds. The quantitative estimate of drug-likeness (QED) is 0.759. The van der Waals surface area contributed by atoms with Crippen LogP contribution >= 0.6 is 0 Å². The van der Waals surface area contributed by atoms with Crippen LogP contribution in [0.5, 0.6) is 0 Å². The van der Waals surface area contributed by atoms with Crippen molar-refractivity contribution >= 4 is 5.69 Å². The van der Waals surface area contributed by atoms with E-state index in [1.807, 2.05) is 6.20 Å². The van der Waals surface area contributed by atoms with Crippen LogP contribution in [0.4, 0.5) is 5.69 Å². The standard InChI is InChI=1S/C10H19N3O/c1-8(5-10(2,3)14-4)13-9-6-11-12-7-9/h6-8,13H,5H2,1-4H3,(H,11,12). The largest absolute Gasteiger partial charge is 0.380 e. The lowest BCUT2D eigenvalue weighted by Gasteiger charge is -2.27. The molecule has 0 fully saturated rings. The molecule has 1 unspecified atom stereocenters. The highest BCUT2D eigenvalue weighted by molar-refractivity contribution is 5.38. The summed E-state index contributed by atoms with van der Waals surface area (Å²) in [5.74, 6) is 0. The molecule has 0 bridgehead atoms. The molecule has 0 radical (unpaired) electrons. The van der Waals surface area contributed by atoms with Crippen LogP contribution in [0.15, 0.2) is 12.4 Å². The second kappa shape index (κ2) is 4.46. The van der Waals surface area contributed by atoms with Gasteiger partial charge in [0.05, 0.1) is 17.5 Å². The molecule has 1 aromatic heterocycles. The number of rotatable bonds is 5. The van der Waals surface area contributed by atoms with E-state index in [1.165, 1.54) is 0 Å². The predicted molar refractivity (Wildman–Crippen MR) is 57.4 cm³/mol. The fourth-order valence-corrected chi connectivity index (χ4v) is 1.49. The predicted octanol–water partition coefficient (Wildman–Crippen LogP) is 2.03. The minimum absolute atomic E-state index is 0.0872. The lowest BCUT2D eigenvalue weighted by atomic mass is 10.00. The normalized spacial score (nSPS) is 14.0. The molecule has 1 aromatic rings. The van der Waals surface area contributed by atoms with E-state index in [9.17, 15) is 0 Å². The molecule has 0 saturated heterocycles. The molecule has 80 valence electrons. The summed E-state index contributed by atoms with van der Waals surface area (Å²) in [6.07, 6.45) is 4.57. The van der Waals surface area contributed by atoms with Crippen molar-refractivity contribution in [1.29, 1.82) is 0 Å². The van der Waals surface area contributed by atoms with Gasteiger partial charge in [-0.2, -0.15) is 5.10 Å².